The predicted octanol–water partition coefficient (Wildman–Crippen LogP) is 1.33. The Morgan fingerprint density at radius 3 is 3.00 bits per heavy atom. The fourth-order valence-electron chi connectivity index (χ4n) is 3.27. The Kier molecular flexibility index (Phi) is 3.63. The van der Waals surface area contributed by atoms with Gasteiger partial charge >= 0.3 is 0 Å². The van der Waals surface area contributed by atoms with Gasteiger partial charge in [-0.3, -0.25) is 9.59 Å². The fourth-order valence-corrected chi connectivity index (χ4v) is 3.27. The minimum atomic E-state index is -0.454. The van der Waals surface area contributed by atoms with E-state index in [2.05, 4.69) is 17.2 Å². The second-order valence-corrected chi connectivity index (χ2v) is 6.64. The molecule has 1 fully saturated rings. The van der Waals surface area contributed by atoms with Crippen LogP contribution in [-0.4, -0.2) is 32.8 Å². The molecule has 1 aliphatic heterocycles. The number of hydrogen-bond acceptors (Lipinski definition) is 4. The summed E-state index contributed by atoms with van der Waals surface area (Å²) in [5, 5.41) is 2.88. The van der Waals surface area contributed by atoms with E-state index in [9.17, 15) is 9.59 Å². The molecule has 2 aromatic rings. The number of furan rings is 1. The largest absolute Gasteiger partial charge is 0.467 e. The molecule has 0 saturated heterocycles. The normalized spacial score (nSPS) is 25.2. The molecule has 0 bridgehead atoms. The monoisotopic (exact) mass is 328 g/mol. The van der Waals surface area contributed by atoms with Crippen LogP contribution in [0.5, 0.6) is 0 Å². The van der Waals surface area contributed by atoms with E-state index in [1.54, 1.807) is 29.8 Å². The lowest BCUT2D eigenvalue weighted by Gasteiger charge is -2.34. The van der Waals surface area contributed by atoms with Crippen LogP contribution >= 0.6 is 0 Å². The number of carbonyl (C=O) groups is 2. The zero-order chi connectivity index (χ0) is 16.7. The summed E-state index contributed by atoms with van der Waals surface area (Å²) >= 11 is 0. The van der Waals surface area contributed by atoms with E-state index in [1.807, 2.05) is 10.6 Å². The van der Waals surface area contributed by atoms with E-state index < -0.39 is 6.04 Å². The number of amides is 2. The van der Waals surface area contributed by atoms with Gasteiger partial charge in [0.1, 0.15) is 11.8 Å². The average molecular weight is 328 g/mol. The van der Waals surface area contributed by atoms with Crippen molar-refractivity contribution in [2.75, 3.05) is 6.54 Å². The van der Waals surface area contributed by atoms with Gasteiger partial charge in [-0.15, -0.1) is 0 Å². The number of hydrogen-bond donors (Lipinski definition) is 1. The lowest BCUT2D eigenvalue weighted by atomic mass is 10.1. The summed E-state index contributed by atoms with van der Waals surface area (Å²) in [5.74, 6) is 1.29. The molecular formula is C17H20N4O3. The maximum absolute atomic E-state index is 12.6. The first-order valence-electron chi connectivity index (χ1n) is 8.23. The highest BCUT2D eigenvalue weighted by Gasteiger charge is 2.43. The van der Waals surface area contributed by atoms with Gasteiger partial charge in [-0.25, -0.2) is 4.98 Å². The molecule has 1 aliphatic carbocycles. The van der Waals surface area contributed by atoms with E-state index in [0.29, 0.717) is 31.3 Å². The van der Waals surface area contributed by atoms with Gasteiger partial charge in [-0.2, -0.15) is 0 Å². The molecule has 7 nitrogen and oxygen atoms in total. The zero-order valence-electron chi connectivity index (χ0n) is 13.5. The summed E-state index contributed by atoms with van der Waals surface area (Å²) in [6, 6.07) is 3.14. The first-order valence-corrected chi connectivity index (χ1v) is 8.23. The second-order valence-electron chi connectivity index (χ2n) is 6.64. The first kappa shape index (κ1) is 15.0. The summed E-state index contributed by atoms with van der Waals surface area (Å²) < 4.78 is 7.10. The molecule has 4 rings (SSSR count). The zero-order valence-corrected chi connectivity index (χ0v) is 13.5. The molecule has 1 saturated carbocycles. The lowest BCUT2D eigenvalue weighted by Crippen LogP contribution is -2.46. The Morgan fingerprint density at radius 2 is 2.29 bits per heavy atom. The van der Waals surface area contributed by atoms with Crippen LogP contribution in [0, 0.1) is 11.8 Å². The van der Waals surface area contributed by atoms with Gasteiger partial charge in [0.05, 0.1) is 37.9 Å². The summed E-state index contributed by atoms with van der Waals surface area (Å²) in [6.07, 6.45) is 5.91. The molecule has 2 aromatic heterocycles. The predicted molar refractivity (Wildman–Crippen MR) is 84.5 cm³/mol. The first-order chi connectivity index (χ1) is 11.6. The van der Waals surface area contributed by atoms with E-state index in [1.165, 1.54) is 0 Å². The minimum Gasteiger partial charge on any atom is -0.467 e. The summed E-state index contributed by atoms with van der Waals surface area (Å²) in [4.78, 5) is 31.1. The molecule has 2 amide bonds. The molecule has 1 N–H and O–H groups in total. The molecule has 2 aliphatic rings. The van der Waals surface area contributed by atoms with Gasteiger partial charge in [-0.1, -0.05) is 6.92 Å². The van der Waals surface area contributed by atoms with Gasteiger partial charge in [0.25, 0.3) is 0 Å². The van der Waals surface area contributed by atoms with Crippen molar-refractivity contribution in [1.29, 1.82) is 0 Å². The number of rotatable bonds is 4. The van der Waals surface area contributed by atoms with Gasteiger partial charge in [0, 0.05) is 12.1 Å². The topological polar surface area (TPSA) is 80.4 Å². The van der Waals surface area contributed by atoms with E-state index in [4.69, 9.17) is 4.42 Å². The van der Waals surface area contributed by atoms with Crippen LogP contribution in [0.25, 0.3) is 0 Å². The molecule has 0 spiro atoms. The molecule has 3 atom stereocenters. The molecule has 0 radical (unpaired) electrons. The molecule has 7 heteroatoms. The number of aromatic nitrogens is 2. The van der Waals surface area contributed by atoms with Crippen LogP contribution in [0.3, 0.4) is 0 Å². The highest BCUT2D eigenvalue weighted by Crippen LogP contribution is 2.40. The molecular weight excluding hydrogens is 308 g/mol. The van der Waals surface area contributed by atoms with Crippen molar-refractivity contribution in [3.63, 3.8) is 0 Å². The van der Waals surface area contributed by atoms with Gasteiger partial charge < -0.3 is 19.2 Å². The van der Waals surface area contributed by atoms with Crippen molar-refractivity contribution in [2.24, 2.45) is 11.8 Å². The molecule has 0 aromatic carbocycles. The molecule has 3 heterocycles. The quantitative estimate of drug-likeness (QED) is 0.918. The smallest absolute Gasteiger partial charge is 0.245 e. The van der Waals surface area contributed by atoms with Crippen LogP contribution in [0.15, 0.2) is 35.3 Å². The summed E-state index contributed by atoms with van der Waals surface area (Å²) in [5.41, 5.74) is 0.890. The van der Waals surface area contributed by atoms with Crippen molar-refractivity contribution in [2.45, 2.75) is 32.5 Å². The molecule has 126 valence electrons. The van der Waals surface area contributed by atoms with Crippen molar-refractivity contribution in [3.05, 3.63) is 42.4 Å². The Morgan fingerprint density at radius 1 is 1.46 bits per heavy atom. The van der Waals surface area contributed by atoms with Crippen LogP contribution in [0.4, 0.5) is 0 Å². The van der Waals surface area contributed by atoms with Crippen molar-refractivity contribution in [3.8, 4) is 0 Å². The van der Waals surface area contributed by atoms with Crippen LogP contribution in [0.1, 0.15) is 30.8 Å². The van der Waals surface area contributed by atoms with Gasteiger partial charge in [-0.05, 0) is 24.5 Å². The summed E-state index contributed by atoms with van der Waals surface area (Å²) in [6.45, 7) is 3.32. The number of fused-ring (bicyclic) bond motifs is 1. The standard InChI is InChI=1S/C17H20N4O3/c1-11-5-14(11)17(23)20-8-12-6-18-10-21(12)15(9-20)16(22)19-7-13-3-2-4-24-13/h2-4,6,10-11,14-15H,5,7-9H2,1H3,(H,19,22)/t11-,14+,15+/m1/s1. The Hall–Kier alpha value is -2.57. The fraction of sp³-hybridized carbons (Fsp3) is 0.471. The Balaban J connectivity index is 1.48. The van der Waals surface area contributed by atoms with Crippen LogP contribution < -0.4 is 5.32 Å². The number of carbonyl (C=O) groups excluding carboxylic acids is 2. The number of nitrogens with one attached hydrogen (secondary N) is 1. The van der Waals surface area contributed by atoms with Gasteiger partial charge in [0.2, 0.25) is 11.8 Å². The second kappa shape index (κ2) is 5.81. The Bertz CT molecular complexity index is 752. The Labute approximate surface area is 139 Å². The minimum absolute atomic E-state index is 0.117. The lowest BCUT2D eigenvalue weighted by molar-refractivity contribution is -0.136. The third kappa shape index (κ3) is 2.70. The average Bonchev–Trinajstić information content (AvgIpc) is 3.01. The molecule has 24 heavy (non-hydrogen) atoms. The van der Waals surface area contributed by atoms with Gasteiger partial charge in [0.15, 0.2) is 0 Å². The van der Waals surface area contributed by atoms with Crippen molar-refractivity contribution >= 4 is 11.8 Å². The van der Waals surface area contributed by atoms with Crippen molar-refractivity contribution < 1.29 is 14.0 Å². The van der Waals surface area contributed by atoms with E-state index >= 15 is 0 Å². The highest BCUT2D eigenvalue weighted by atomic mass is 16.3. The third-order valence-corrected chi connectivity index (χ3v) is 4.89. The highest BCUT2D eigenvalue weighted by molar-refractivity contribution is 5.84. The van der Waals surface area contributed by atoms with Crippen molar-refractivity contribution in [1.82, 2.24) is 19.8 Å². The summed E-state index contributed by atoms with van der Waals surface area (Å²) in [7, 11) is 0. The molecule has 0 unspecified atom stereocenters. The maximum atomic E-state index is 12.6. The SMILES string of the molecule is C[C@@H]1C[C@@H]1C(=O)N1Cc2cncn2[C@H](C(=O)NCc2ccco2)C1. The van der Waals surface area contributed by atoms with E-state index in [-0.39, 0.29) is 17.7 Å². The van der Waals surface area contributed by atoms with E-state index in [0.717, 1.165) is 12.1 Å². The maximum Gasteiger partial charge on any atom is 0.245 e. The number of nitrogens with zero attached hydrogens (tertiary/aromatic N) is 3. The van der Waals surface area contributed by atoms with Crippen LogP contribution in [0.2, 0.25) is 0 Å². The van der Waals surface area contributed by atoms with Crippen LogP contribution in [-0.2, 0) is 22.7 Å². The number of imidazole rings is 1. The third-order valence-electron chi connectivity index (χ3n) is 4.89.